The molecule has 1 aromatic carbocycles. The van der Waals surface area contributed by atoms with Crippen molar-refractivity contribution >= 4 is 39.1 Å². The molecule has 5 heteroatoms. The van der Waals surface area contributed by atoms with Gasteiger partial charge in [-0.15, -0.1) is 0 Å². The Morgan fingerprint density at radius 2 is 2.11 bits per heavy atom. The van der Waals surface area contributed by atoms with Crippen molar-refractivity contribution in [1.82, 2.24) is 4.98 Å². The van der Waals surface area contributed by atoms with Crippen molar-refractivity contribution in [3.63, 3.8) is 0 Å². The maximum Gasteiger partial charge on any atom is 0.145 e. The Morgan fingerprint density at radius 3 is 2.89 bits per heavy atom. The quantitative estimate of drug-likeness (QED) is 0.691. The molecule has 18 heavy (non-hydrogen) atoms. The zero-order chi connectivity index (χ0) is 12.7. The fourth-order valence-electron chi connectivity index (χ4n) is 2.05. The highest BCUT2D eigenvalue weighted by molar-refractivity contribution is 9.10. The number of fused-ring (bicyclic) bond motifs is 1. The second-order valence-corrected chi connectivity index (χ2v) is 5.73. The number of hydrogen-bond acceptors (Lipinski definition) is 2. The first-order chi connectivity index (χ1) is 8.63. The maximum atomic E-state index is 6.12. The second-order valence-electron chi connectivity index (χ2n) is 4.07. The van der Waals surface area contributed by atoms with E-state index in [1.165, 1.54) is 0 Å². The van der Waals surface area contributed by atoms with Gasteiger partial charge in [0.05, 0.1) is 10.7 Å². The van der Waals surface area contributed by atoms with E-state index in [-0.39, 0.29) is 6.10 Å². The molecule has 0 bridgehead atoms. The van der Waals surface area contributed by atoms with E-state index in [2.05, 4.69) is 20.9 Å². The summed E-state index contributed by atoms with van der Waals surface area (Å²) in [5.74, 6) is 0.716. The van der Waals surface area contributed by atoms with Gasteiger partial charge in [0.15, 0.2) is 0 Å². The van der Waals surface area contributed by atoms with Crippen LogP contribution in [0, 0.1) is 0 Å². The number of hydrogen-bond donors (Lipinski definition) is 0. The van der Waals surface area contributed by atoms with Crippen LogP contribution in [0.15, 0.2) is 34.9 Å². The third-order valence-electron chi connectivity index (χ3n) is 2.82. The molecule has 0 aliphatic carbocycles. The summed E-state index contributed by atoms with van der Waals surface area (Å²) in [7, 11) is 0. The molecule has 1 aromatic heterocycles. The molecular weight excluding hydrogens is 337 g/mol. The summed E-state index contributed by atoms with van der Waals surface area (Å²) < 4.78 is 6.65. The van der Waals surface area contributed by atoms with Crippen LogP contribution in [0.3, 0.4) is 0 Å². The molecule has 0 amide bonds. The van der Waals surface area contributed by atoms with Crippen molar-refractivity contribution in [1.29, 1.82) is 0 Å². The van der Waals surface area contributed by atoms with Gasteiger partial charge in [0.25, 0.3) is 0 Å². The third-order valence-corrected chi connectivity index (χ3v) is 3.76. The highest BCUT2D eigenvalue weighted by atomic mass is 79.9. The minimum Gasteiger partial charge on any atom is -0.482 e. The summed E-state index contributed by atoms with van der Waals surface area (Å²) in [5.41, 5.74) is 1.91. The molecule has 0 saturated heterocycles. The Balaban J connectivity index is 1.96. The molecule has 2 nitrogen and oxygen atoms in total. The minimum atomic E-state index is -0.103. The second kappa shape index (κ2) is 4.72. The molecular formula is C13H8BrCl2NO. The minimum absolute atomic E-state index is 0.103. The van der Waals surface area contributed by atoms with Crippen LogP contribution in [0.25, 0.3) is 0 Å². The molecule has 1 atom stereocenters. The zero-order valence-electron chi connectivity index (χ0n) is 9.16. The summed E-state index contributed by atoms with van der Waals surface area (Å²) in [6, 6.07) is 9.35. The molecule has 1 unspecified atom stereocenters. The van der Waals surface area contributed by atoms with Crippen LogP contribution in [-0.4, -0.2) is 4.98 Å². The fraction of sp³-hybridized carbons (Fsp3) is 0.154. The van der Waals surface area contributed by atoms with Crippen LogP contribution in [-0.2, 0) is 6.42 Å². The van der Waals surface area contributed by atoms with E-state index in [0.29, 0.717) is 15.8 Å². The first kappa shape index (κ1) is 12.3. The lowest BCUT2D eigenvalue weighted by Crippen LogP contribution is -2.05. The number of halogens is 3. The van der Waals surface area contributed by atoms with Gasteiger partial charge in [-0.25, -0.2) is 4.98 Å². The maximum absolute atomic E-state index is 6.12. The summed E-state index contributed by atoms with van der Waals surface area (Å²) in [5, 5.41) is 1.18. The Bertz CT molecular complexity index is 618. The number of pyridine rings is 1. The van der Waals surface area contributed by atoms with Gasteiger partial charge in [0.2, 0.25) is 0 Å². The molecule has 2 aromatic rings. The standard InChI is InChI=1S/C13H8BrCl2NO/c14-12-3-1-2-10(17-12)11-5-7-4-8(15)6-9(16)13(7)18-11/h1-4,6,11H,5H2. The number of rotatable bonds is 1. The van der Waals surface area contributed by atoms with E-state index in [1.54, 1.807) is 6.07 Å². The Kier molecular flexibility index (Phi) is 3.22. The van der Waals surface area contributed by atoms with E-state index in [1.807, 2.05) is 24.3 Å². The van der Waals surface area contributed by atoms with Crippen molar-refractivity contribution in [2.45, 2.75) is 12.5 Å². The van der Waals surface area contributed by atoms with E-state index < -0.39 is 0 Å². The number of aromatic nitrogens is 1. The average molecular weight is 345 g/mol. The fourth-order valence-corrected chi connectivity index (χ4v) is 2.99. The molecule has 1 aliphatic rings. The molecule has 0 spiro atoms. The van der Waals surface area contributed by atoms with Crippen LogP contribution in [0.5, 0.6) is 5.75 Å². The van der Waals surface area contributed by atoms with Crippen LogP contribution < -0.4 is 4.74 Å². The smallest absolute Gasteiger partial charge is 0.145 e. The molecule has 1 aliphatic heterocycles. The topological polar surface area (TPSA) is 22.1 Å². The van der Waals surface area contributed by atoms with Crippen molar-refractivity contribution in [2.24, 2.45) is 0 Å². The summed E-state index contributed by atoms with van der Waals surface area (Å²) in [6.07, 6.45) is 0.632. The highest BCUT2D eigenvalue weighted by Crippen LogP contribution is 2.42. The Labute approximate surface area is 123 Å². The van der Waals surface area contributed by atoms with Crippen LogP contribution >= 0.6 is 39.1 Å². The largest absolute Gasteiger partial charge is 0.482 e. The van der Waals surface area contributed by atoms with Gasteiger partial charge in [-0.2, -0.15) is 0 Å². The van der Waals surface area contributed by atoms with Gasteiger partial charge in [-0.05, 0) is 40.2 Å². The van der Waals surface area contributed by atoms with Gasteiger partial charge >= 0.3 is 0 Å². The van der Waals surface area contributed by atoms with Gasteiger partial charge in [0, 0.05) is 17.0 Å². The molecule has 2 heterocycles. The van der Waals surface area contributed by atoms with E-state index in [4.69, 9.17) is 27.9 Å². The number of nitrogens with zero attached hydrogens (tertiary/aromatic N) is 1. The SMILES string of the molecule is Clc1cc(Cl)c2c(c1)CC(c1cccc(Br)n1)O2. The molecule has 92 valence electrons. The normalized spacial score (nSPS) is 17.4. The number of ether oxygens (including phenoxy) is 1. The first-order valence-electron chi connectivity index (χ1n) is 5.40. The average Bonchev–Trinajstić information content (AvgIpc) is 2.73. The third kappa shape index (κ3) is 2.22. The van der Waals surface area contributed by atoms with Gasteiger partial charge in [0.1, 0.15) is 16.5 Å². The van der Waals surface area contributed by atoms with Crippen molar-refractivity contribution < 1.29 is 4.74 Å². The monoisotopic (exact) mass is 343 g/mol. The zero-order valence-corrected chi connectivity index (χ0v) is 12.3. The lowest BCUT2D eigenvalue weighted by molar-refractivity contribution is 0.233. The lowest BCUT2D eigenvalue weighted by atomic mass is 10.1. The molecule has 0 radical (unpaired) electrons. The Hall–Kier alpha value is -0.770. The molecule has 0 saturated carbocycles. The van der Waals surface area contributed by atoms with Crippen molar-refractivity contribution in [3.8, 4) is 5.75 Å². The predicted molar refractivity (Wildman–Crippen MR) is 75.5 cm³/mol. The highest BCUT2D eigenvalue weighted by Gasteiger charge is 2.27. The predicted octanol–water partition coefficient (Wildman–Crippen LogP) is 4.83. The molecule has 0 N–H and O–H groups in total. The first-order valence-corrected chi connectivity index (χ1v) is 6.95. The van der Waals surface area contributed by atoms with Gasteiger partial charge in [-0.1, -0.05) is 29.3 Å². The van der Waals surface area contributed by atoms with E-state index in [9.17, 15) is 0 Å². The van der Waals surface area contributed by atoms with E-state index in [0.717, 1.165) is 22.3 Å². The summed E-state index contributed by atoms with van der Waals surface area (Å²) >= 11 is 15.5. The van der Waals surface area contributed by atoms with Gasteiger partial charge in [-0.3, -0.25) is 0 Å². The molecule has 0 fully saturated rings. The Morgan fingerprint density at radius 1 is 1.28 bits per heavy atom. The number of benzene rings is 1. The van der Waals surface area contributed by atoms with Crippen molar-refractivity contribution in [2.75, 3.05) is 0 Å². The van der Waals surface area contributed by atoms with E-state index >= 15 is 0 Å². The summed E-state index contributed by atoms with van der Waals surface area (Å²) in [4.78, 5) is 4.41. The summed E-state index contributed by atoms with van der Waals surface area (Å²) in [6.45, 7) is 0. The van der Waals surface area contributed by atoms with Crippen LogP contribution in [0.4, 0.5) is 0 Å². The van der Waals surface area contributed by atoms with Crippen LogP contribution in [0.1, 0.15) is 17.4 Å². The van der Waals surface area contributed by atoms with Gasteiger partial charge < -0.3 is 4.74 Å². The van der Waals surface area contributed by atoms with Crippen molar-refractivity contribution in [3.05, 3.63) is 56.2 Å². The van der Waals surface area contributed by atoms with Crippen LogP contribution in [0.2, 0.25) is 10.0 Å². The lowest BCUT2D eigenvalue weighted by Gasteiger charge is -2.10. The molecule has 3 rings (SSSR count).